The Morgan fingerprint density at radius 2 is 2.06 bits per heavy atom. The van der Waals surface area contributed by atoms with Gasteiger partial charge in [0.15, 0.2) is 0 Å². The first-order chi connectivity index (χ1) is 7.95. The molecule has 1 unspecified atom stereocenters. The monoisotopic (exact) mass is 301 g/mol. The second-order valence-corrected chi connectivity index (χ2v) is 4.17. The van der Waals surface area contributed by atoms with Crippen LogP contribution in [-0.4, -0.2) is 29.1 Å². The van der Waals surface area contributed by atoms with Crippen LogP contribution in [0.5, 0.6) is 0 Å². The highest BCUT2D eigenvalue weighted by molar-refractivity contribution is 9.10. The molecule has 0 spiro atoms. The number of nitrogens with zero attached hydrogens (tertiary/aromatic N) is 1. The van der Waals surface area contributed by atoms with Gasteiger partial charge in [0, 0.05) is 4.47 Å². The van der Waals surface area contributed by atoms with Crippen molar-refractivity contribution in [3.8, 4) is 0 Å². The molecule has 0 bridgehead atoms. The molecule has 0 radical (unpaired) electrons. The van der Waals surface area contributed by atoms with Gasteiger partial charge in [-0.2, -0.15) is 0 Å². The molecule has 7 heteroatoms. The van der Waals surface area contributed by atoms with Crippen molar-refractivity contribution in [3.63, 3.8) is 0 Å². The molecule has 1 heterocycles. The largest absolute Gasteiger partial charge is 0.478 e. The van der Waals surface area contributed by atoms with Crippen LogP contribution in [0.2, 0.25) is 0 Å². The molecule has 88 valence electrons. The fourth-order valence-corrected chi connectivity index (χ4v) is 2.14. The highest BCUT2D eigenvalue weighted by atomic mass is 79.9. The molecule has 0 fully saturated rings. The number of aliphatic carboxylic acids is 1. The van der Waals surface area contributed by atoms with E-state index in [0.717, 1.165) is 0 Å². The number of hydrogen-bond donors (Lipinski definition) is 1. The Labute approximate surface area is 103 Å². The van der Waals surface area contributed by atoms with Crippen molar-refractivity contribution in [2.24, 2.45) is 0 Å². The number of carboxylic acid groups (broad SMARTS) is 1. The van der Waals surface area contributed by atoms with Crippen LogP contribution >= 0.6 is 15.9 Å². The molecule has 0 aliphatic carbocycles. The number of benzene rings is 1. The zero-order valence-corrected chi connectivity index (χ0v) is 9.77. The third-order valence-corrected chi connectivity index (χ3v) is 2.98. The lowest BCUT2D eigenvalue weighted by Gasteiger charge is -2.17. The maximum Gasteiger partial charge on any atom is 0.360 e. The quantitative estimate of drug-likeness (QED) is 0.661. The second-order valence-electron chi connectivity index (χ2n) is 3.31. The lowest BCUT2D eigenvalue weighted by molar-refractivity contribution is -0.144. The van der Waals surface area contributed by atoms with E-state index < -0.39 is 24.0 Å². The third-order valence-electron chi connectivity index (χ3n) is 2.32. The minimum absolute atomic E-state index is 0.0126. The first-order valence-electron chi connectivity index (χ1n) is 4.48. The molecule has 1 aromatic rings. The van der Waals surface area contributed by atoms with Gasteiger partial charge >= 0.3 is 11.9 Å². The average molecular weight is 302 g/mol. The Kier molecular flexibility index (Phi) is 2.70. The Morgan fingerprint density at radius 1 is 1.41 bits per heavy atom. The number of carbonyl (C=O) groups excluding carboxylic acids is 2. The number of fused-ring (bicyclic) bond motifs is 1. The van der Waals surface area contributed by atoms with Crippen molar-refractivity contribution in [2.45, 2.75) is 6.30 Å². The predicted molar refractivity (Wildman–Crippen MR) is 58.5 cm³/mol. The molecule has 2 rings (SSSR count). The first-order valence-corrected chi connectivity index (χ1v) is 5.27. The molecule has 1 atom stereocenters. The summed E-state index contributed by atoms with van der Waals surface area (Å²) in [7, 11) is 0. The number of rotatable bonds is 2. The van der Waals surface area contributed by atoms with Gasteiger partial charge in [-0.1, -0.05) is 6.07 Å². The van der Waals surface area contributed by atoms with Crippen molar-refractivity contribution < 1.29 is 23.9 Å². The van der Waals surface area contributed by atoms with Gasteiger partial charge in [0.25, 0.3) is 12.1 Å². The number of amides is 1. The Hall–Kier alpha value is -1.76. The fourth-order valence-electron chi connectivity index (χ4n) is 1.60. The number of alkyl halides is 1. The van der Waals surface area contributed by atoms with E-state index in [2.05, 4.69) is 15.9 Å². The number of anilines is 1. The molecule has 5 nitrogen and oxygen atoms in total. The van der Waals surface area contributed by atoms with E-state index in [4.69, 9.17) is 5.11 Å². The van der Waals surface area contributed by atoms with Gasteiger partial charge in [-0.25, -0.2) is 9.18 Å². The van der Waals surface area contributed by atoms with Gasteiger partial charge in [-0.15, -0.1) is 0 Å². The van der Waals surface area contributed by atoms with Crippen LogP contribution < -0.4 is 4.90 Å². The van der Waals surface area contributed by atoms with Crippen LogP contribution in [0.25, 0.3) is 0 Å². The van der Waals surface area contributed by atoms with E-state index in [1.165, 1.54) is 18.2 Å². The van der Waals surface area contributed by atoms with E-state index in [-0.39, 0.29) is 11.3 Å². The first kappa shape index (κ1) is 11.7. The molecular formula is C10H5BrFNO4. The third kappa shape index (κ3) is 1.62. The molecule has 0 aromatic heterocycles. The molecular weight excluding hydrogens is 297 g/mol. The summed E-state index contributed by atoms with van der Waals surface area (Å²) in [5.41, 5.74) is -0.0503. The van der Waals surface area contributed by atoms with Crippen molar-refractivity contribution in [2.75, 3.05) is 4.90 Å². The van der Waals surface area contributed by atoms with Crippen LogP contribution in [0.1, 0.15) is 10.4 Å². The van der Waals surface area contributed by atoms with Crippen LogP contribution in [0.4, 0.5) is 10.1 Å². The number of carbonyl (C=O) groups is 3. The minimum atomic E-state index is -2.57. The highest BCUT2D eigenvalue weighted by Gasteiger charge is 2.43. The Morgan fingerprint density at radius 3 is 2.65 bits per heavy atom. The van der Waals surface area contributed by atoms with E-state index in [1.54, 1.807) is 0 Å². The van der Waals surface area contributed by atoms with Crippen LogP contribution in [-0.2, 0) is 9.59 Å². The standard InChI is InChI=1S/C10H5BrFNO4/c11-4-2-1-3-5-6(4)7(14)9(15)13(5)8(12)10(16)17/h1-3,8H,(H,16,17). The topological polar surface area (TPSA) is 74.7 Å². The van der Waals surface area contributed by atoms with Gasteiger partial charge in [-0.3, -0.25) is 14.5 Å². The van der Waals surface area contributed by atoms with Crippen LogP contribution in [0.15, 0.2) is 22.7 Å². The van der Waals surface area contributed by atoms with Gasteiger partial charge < -0.3 is 5.11 Å². The summed E-state index contributed by atoms with van der Waals surface area (Å²) in [5, 5.41) is 8.55. The summed E-state index contributed by atoms with van der Waals surface area (Å²) >= 11 is 3.06. The maximum absolute atomic E-state index is 13.4. The van der Waals surface area contributed by atoms with Gasteiger partial charge in [0.05, 0.1) is 11.3 Å². The zero-order chi connectivity index (χ0) is 12.7. The molecule has 17 heavy (non-hydrogen) atoms. The molecule has 0 saturated heterocycles. The SMILES string of the molecule is O=C1C(=O)N(C(F)C(=O)O)c2cccc(Br)c21. The van der Waals surface area contributed by atoms with Gasteiger partial charge in [0.2, 0.25) is 0 Å². The van der Waals surface area contributed by atoms with E-state index in [0.29, 0.717) is 9.37 Å². The summed E-state index contributed by atoms with van der Waals surface area (Å²) in [6.45, 7) is 0. The predicted octanol–water partition coefficient (Wildman–Crippen LogP) is 1.36. The molecule has 1 aromatic carbocycles. The van der Waals surface area contributed by atoms with Gasteiger partial charge in [0.1, 0.15) is 0 Å². The molecule has 1 aliphatic rings. The number of carboxylic acids is 1. The van der Waals surface area contributed by atoms with Crippen LogP contribution in [0.3, 0.4) is 0 Å². The fraction of sp³-hybridized carbons (Fsp3) is 0.100. The number of hydrogen-bond acceptors (Lipinski definition) is 3. The Balaban J connectivity index is 2.60. The summed E-state index contributed by atoms with van der Waals surface area (Å²) in [5.74, 6) is -3.92. The smallest absolute Gasteiger partial charge is 0.360 e. The van der Waals surface area contributed by atoms with Gasteiger partial charge in [-0.05, 0) is 28.1 Å². The summed E-state index contributed by atoms with van der Waals surface area (Å²) in [6, 6.07) is 4.32. The molecule has 1 amide bonds. The number of ketones is 1. The number of halogens is 2. The van der Waals surface area contributed by atoms with E-state index in [1.807, 2.05) is 0 Å². The normalized spacial score (nSPS) is 16.0. The second kappa shape index (κ2) is 3.92. The van der Waals surface area contributed by atoms with Crippen molar-refractivity contribution in [3.05, 3.63) is 28.2 Å². The van der Waals surface area contributed by atoms with Crippen molar-refractivity contribution in [1.29, 1.82) is 0 Å². The summed E-state index contributed by atoms with van der Waals surface area (Å²) in [6.07, 6.45) is -2.57. The molecule has 0 saturated carbocycles. The lowest BCUT2D eigenvalue weighted by Crippen LogP contribution is -2.41. The molecule has 1 N–H and O–H groups in total. The summed E-state index contributed by atoms with van der Waals surface area (Å²) < 4.78 is 13.7. The zero-order valence-electron chi connectivity index (χ0n) is 8.18. The average Bonchev–Trinajstić information content (AvgIpc) is 2.52. The van der Waals surface area contributed by atoms with Crippen LogP contribution in [0, 0.1) is 0 Å². The lowest BCUT2D eigenvalue weighted by atomic mass is 10.1. The highest BCUT2D eigenvalue weighted by Crippen LogP contribution is 2.35. The summed E-state index contributed by atoms with van der Waals surface area (Å²) in [4.78, 5) is 34.0. The minimum Gasteiger partial charge on any atom is -0.478 e. The molecule has 1 aliphatic heterocycles. The van der Waals surface area contributed by atoms with Crippen molar-refractivity contribution in [1.82, 2.24) is 0 Å². The number of Topliss-reactive ketones (excluding diaryl/α,β-unsaturated/α-hetero) is 1. The van der Waals surface area contributed by atoms with Crippen molar-refractivity contribution >= 4 is 39.3 Å². The maximum atomic E-state index is 13.4. The van der Waals surface area contributed by atoms with E-state index in [9.17, 15) is 18.8 Å². The van der Waals surface area contributed by atoms with E-state index >= 15 is 0 Å². The Bertz CT molecular complexity index is 545.